The van der Waals surface area contributed by atoms with Gasteiger partial charge in [-0.15, -0.1) is 0 Å². The fourth-order valence-corrected chi connectivity index (χ4v) is 2.57. The van der Waals surface area contributed by atoms with Crippen LogP contribution in [0.3, 0.4) is 0 Å². The maximum atomic E-state index is 5.45. The number of nitrogens with zero attached hydrogens (tertiary/aromatic N) is 4. The van der Waals surface area contributed by atoms with Crippen LogP contribution in [0.25, 0.3) is 11.4 Å². The maximum Gasteiger partial charge on any atom is 0.222 e. The van der Waals surface area contributed by atoms with E-state index in [0.29, 0.717) is 11.7 Å². The van der Waals surface area contributed by atoms with E-state index >= 15 is 0 Å². The second-order valence-corrected chi connectivity index (χ2v) is 4.94. The molecule has 6 heteroatoms. The van der Waals surface area contributed by atoms with Crippen LogP contribution in [-0.4, -0.2) is 33.4 Å². The van der Waals surface area contributed by atoms with E-state index in [1.165, 1.54) is 0 Å². The van der Waals surface area contributed by atoms with Gasteiger partial charge in [-0.1, -0.05) is 6.92 Å². The van der Waals surface area contributed by atoms with Crippen LogP contribution >= 0.6 is 0 Å². The molecule has 6 nitrogen and oxygen atoms in total. The number of hydrogen-bond donors (Lipinski definition) is 1. The summed E-state index contributed by atoms with van der Waals surface area (Å²) in [5.41, 5.74) is 3.86. The van der Waals surface area contributed by atoms with Gasteiger partial charge in [0.05, 0.1) is 12.8 Å². The topological polar surface area (TPSA) is 64.9 Å². The Morgan fingerprint density at radius 3 is 2.43 bits per heavy atom. The highest BCUT2D eigenvalue weighted by Gasteiger charge is 2.20. The Kier molecular flexibility index (Phi) is 4.45. The molecule has 2 aromatic heterocycles. The number of rotatable bonds is 5. The van der Waals surface area contributed by atoms with Crippen molar-refractivity contribution in [1.82, 2.24) is 19.7 Å². The van der Waals surface area contributed by atoms with Crippen molar-refractivity contribution in [2.75, 3.05) is 19.0 Å². The first-order chi connectivity index (χ1) is 10.0. The summed E-state index contributed by atoms with van der Waals surface area (Å²) in [6.07, 6.45) is 0.900. The fraction of sp³-hybridized carbons (Fsp3) is 0.533. The molecule has 0 aromatic carbocycles. The first-order valence-electron chi connectivity index (χ1n) is 7.22. The van der Waals surface area contributed by atoms with Crippen molar-refractivity contribution in [2.45, 2.75) is 34.1 Å². The monoisotopic (exact) mass is 289 g/mol. The van der Waals surface area contributed by atoms with Crippen LogP contribution in [0.15, 0.2) is 0 Å². The number of nitrogens with one attached hydrogen (secondary N) is 1. The van der Waals surface area contributed by atoms with Crippen LogP contribution in [0.4, 0.5) is 5.82 Å². The molecule has 0 amide bonds. The molecule has 1 N–H and O–H groups in total. The van der Waals surface area contributed by atoms with Crippen LogP contribution < -0.4 is 10.1 Å². The Morgan fingerprint density at radius 1 is 1.14 bits per heavy atom. The standard InChI is InChI=1S/C15H23N5O/c1-7-11-9(3)17-14(18-13(11)16-8-2)12-10(4)19-20(5)15(12)21-6/h7-8H2,1-6H3,(H,16,17,18). The molecule has 0 saturated heterocycles. The molecule has 2 aromatic rings. The van der Waals surface area contributed by atoms with Gasteiger partial charge < -0.3 is 10.1 Å². The van der Waals surface area contributed by atoms with Gasteiger partial charge in [-0.3, -0.25) is 0 Å². The molecule has 0 aliphatic carbocycles. The number of anilines is 1. The number of aromatic nitrogens is 4. The number of ether oxygens (including phenoxy) is 1. The van der Waals surface area contributed by atoms with Crippen molar-refractivity contribution in [3.8, 4) is 17.3 Å². The molecule has 0 atom stereocenters. The third kappa shape index (κ3) is 2.70. The van der Waals surface area contributed by atoms with Gasteiger partial charge in [0.2, 0.25) is 5.88 Å². The average Bonchev–Trinajstić information content (AvgIpc) is 2.72. The molecule has 114 valence electrons. The SMILES string of the molecule is CCNc1nc(-c2c(C)nn(C)c2OC)nc(C)c1CC. The molecule has 0 fully saturated rings. The van der Waals surface area contributed by atoms with E-state index in [0.717, 1.165) is 41.3 Å². The largest absolute Gasteiger partial charge is 0.481 e. The third-order valence-corrected chi connectivity index (χ3v) is 3.50. The Labute approximate surface area is 125 Å². The molecule has 0 unspecified atom stereocenters. The Morgan fingerprint density at radius 2 is 1.86 bits per heavy atom. The van der Waals surface area contributed by atoms with E-state index in [1.54, 1.807) is 11.8 Å². The van der Waals surface area contributed by atoms with Crippen molar-refractivity contribution in [3.63, 3.8) is 0 Å². The van der Waals surface area contributed by atoms with Gasteiger partial charge in [0.25, 0.3) is 0 Å². The highest BCUT2D eigenvalue weighted by Crippen LogP contribution is 2.32. The van der Waals surface area contributed by atoms with Gasteiger partial charge in [-0.2, -0.15) is 5.10 Å². The zero-order valence-corrected chi connectivity index (χ0v) is 13.6. The molecule has 0 aliphatic rings. The van der Waals surface area contributed by atoms with Crippen LogP contribution in [-0.2, 0) is 13.5 Å². The van der Waals surface area contributed by atoms with Crippen molar-refractivity contribution in [2.24, 2.45) is 7.05 Å². The van der Waals surface area contributed by atoms with Gasteiger partial charge >= 0.3 is 0 Å². The van der Waals surface area contributed by atoms with Crippen LogP contribution in [0.1, 0.15) is 30.8 Å². The van der Waals surface area contributed by atoms with Crippen molar-refractivity contribution < 1.29 is 4.74 Å². The number of hydrogen-bond acceptors (Lipinski definition) is 5. The molecule has 2 heterocycles. The quantitative estimate of drug-likeness (QED) is 0.916. The van der Waals surface area contributed by atoms with Gasteiger partial charge in [0.15, 0.2) is 5.82 Å². The predicted octanol–water partition coefficient (Wildman–Crippen LogP) is 2.50. The third-order valence-electron chi connectivity index (χ3n) is 3.50. The minimum absolute atomic E-state index is 0.656. The second-order valence-electron chi connectivity index (χ2n) is 4.94. The first kappa shape index (κ1) is 15.3. The van der Waals surface area contributed by atoms with Gasteiger partial charge in [-0.25, -0.2) is 14.6 Å². The fourth-order valence-electron chi connectivity index (χ4n) is 2.57. The summed E-state index contributed by atoms with van der Waals surface area (Å²) in [5, 5.41) is 7.72. The van der Waals surface area contributed by atoms with Crippen LogP contribution in [0.2, 0.25) is 0 Å². The zero-order chi connectivity index (χ0) is 15.6. The summed E-state index contributed by atoms with van der Waals surface area (Å²) >= 11 is 0. The van der Waals surface area contributed by atoms with E-state index in [-0.39, 0.29) is 0 Å². The molecule has 2 rings (SSSR count). The lowest BCUT2D eigenvalue weighted by Crippen LogP contribution is -2.08. The van der Waals surface area contributed by atoms with Gasteiger partial charge in [-0.05, 0) is 27.2 Å². The summed E-state index contributed by atoms with van der Waals surface area (Å²) in [6, 6.07) is 0. The lowest BCUT2D eigenvalue weighted by Gasteiger charge is -2.13. The molecule has 0 bridgehead atoms. The van der Waals surface area contributed by atoms with Crippen LogP contribution in [0, 0.1) is 13.8 Å². The summed E-state index contributed by atoms with van der Waals surface area (Å²) in [4.78, 5) is 9.35. The lowest BCUT2D eigenvalue weighted by molar-refractivity contribution is 0.374. The zero-order valence-electron chi connectivity index (χ0n) is 13.6. The summed E-state index contributed by atoms with van der Waals surface area (Å²) in [7, 11) is 3.49. The van der Waals surface area contributed by atoms with E-state index in [1.807, 2.05) is 20.9 Å². The van der Waals surface area contributed by atoms with Gasteiger partial charge in [0.1, 0.15) is 11.4 Å². The number of methoxy groups -OCH3 is 1. The summed E-state index contributed by atoms with van der Waals surface area (Å²) in [6.45, 7) is 8.96. The van der Waals surface area contributed by atoms with E-state index in [2.05, 4.69) is 29.2 Å². The smallest absolute Gasteiger partial charge is 0.222 e. The summed E-state index contributed by atoms with van der Waals surface area (Å²) in [5.74, 6) is 2.23. The molecular weight excluding hydrogens is 266 g/mol. The average molecular weight is 289 g/mol. The van der Waals surface area contributed by atoms with E-state index in [9.17, 15) is 0 Å². The number of aryl methyl sites for hydroxylation is 3. The highest BCUT2D eigenvalue weighted by atomic mass is 16.5. The lowest BCUT2D eigenvalue weighted by atomic mass is 10.1. The minimum atomic E-state index is 0.656. The normalized spacial score (nSPS) is 10.8. The molecule has 0 saturated carbocycles. The van der Waals surface area contributed by atoms with E-state index in [4.69, 9.17) is 9.72 Å². The van der Waals surface area contributed by atoms with Gasteiger partial charge in [0, 0.05) is 24.8 Å². The van der Waals surface area contributed by atoms with Crippen molar-refractivity contribution in [3.05, 3.63) is 17.0 Å². The molecule has 0 spiro atoms. The summed E-state index contributed by atoms with van der Waals surface area (Å²) < 4.78 is 7.16. The van der Waals surface area contributed by atoms with Crippen LogP contribution in [0.5, 0.6) is 5.88 Å². The predicted molar refractivity (Wildman–Crippen MR) is 83.8 cm³/mol. The Bertz CT molecular complexity index is 648. The first-order valence-corrected chi connectivity index (χ1v) is 7.22. The molecule has 0 radical (unpaired) electrons. The molecule has 21 heavy (non-hydrogen) atoms. The van der Waals surface area contributed by atoms with Crippen molar-refractivity contribution >= 4 is 5.82 Å². The minimum Gasteiger partial charge on any atom is -0.481 e. The Hall–Kier alpha value is -2.11. The van der Waals surface area contributed by atoms with Crippen molar-refractivity contribution in [1.29, 1.82) is 0 Å². The maximum absolute atomic E-state index is 5.45. The second kappa shape index (κ2) is 6.11. The molecule has 0 aliphatic heterocycles. The highest BCUT2D eigenvalue weighted by molar-refractivity contribution is 5.67. The molecular formula is C15H23N5O. The Balaban J connectivity index is 2.65. The van der Waals surface area contributed by atoms with E-state index < -0.39 is 0 Å².